The quantitative estimate of drug-likeness (QED) is 0.384. The molecule has 0 saturated heterocycles. The predicted molar refractivity (Wildman–Crippen MR) is 123 cm³/mol. The highest BCUT2D eigenvalue weighted by Gasteiger charge is 2.61. The lowest BCUT2D eigenvalue weighted by Gasteiger charge is -2.60. The second-order valence-electron chi connectivity index (χ2n) is 12.5. The van der Waals surface area contributed by atoms with Crippen LogP contribution >= 0.6 is 0 Å². The van der Waals surface area contributed by atoms with Gasteiger partial charge in [0.15, 0.2) is 5.78 Å². The Labute approximate surface area is 184 Å². The van der Waals surface area contributed by atoms with Gasteiger partial charge in [0.25, 0.3) is 0 Å². The molecule has 0 radical (unpaired) electrons. The number of nitrogens with zero attached hydrogens (tertiary/aromatic N) is 1. The van der Waals surface area contributed by atoms with Gasteiger partial charge in [0, 0.05) is 12.8 Å². The van der Waals surface area contributed by atoms with Crippen molar-refractivity contribution in [3.63, 3.8) is 0 Å². The van der Waals surface area contributed by atoms with Gasteiger partial charge in [-0.2, -0.15) is 0 Å². The van der Waals surface area contributed by atoms with E-state index in [9.17, 15) is 10.0 Å². The minimum absolute atomic E-state index is 0.0928. The van der Waals surface area contributed by atoms with Crippen LogP contribution in [0.5, 0.6) is 0 Å². The minimum atomic E-state index is 0.0928. The number of carbonyl (C=O) groups is 1. The Balaban J connectivity index is 1.50. The average Bonchev–Trinajstić information content (AvgIpc) is 3.05. The SMILES string of the molecule is CC(C)CCCC(C)C1CCC2C3CCC4CC(=O)/C(=N\O)CC4(C)C3CCC12C. The fourth-order valence-corrected chi connectivity index (χ4v) is 9.06. The molecule has 8 unspecified atom stereocenters. The van der Waals surface area contributed by atoms with Gasteiger partial charge in [0.05, 0.1) is 0 Å². The third kappa shape index (κ3) is 3.56. The zero-order valence-corrected chi connectivity index (χ0v) is 20.1. The lowest BCUT2D eigenvalue weighted by Crippen LogP contribution is -2.55. The molecule has 0 aromatic heterocycles. The average molecular weight is 416 g/mol. The molecule has 3 nitrogen and oxygen atoms in total. The van der Waals surface area contributed by atoms with Gasteiger partial charge in [-0.25, -0.2) is 0 Å². The molecule has 4 aliphatic rings. The maximum atomic E-state index is 12.4. The van der Waals surface area contributed by atoms with Gasteiger partial charge in [-0.1, -0.05) is 59.0 Å². The summed E-state index contributed by atoms with van der Waals surface area (Å²) in [6, 6.07) is 0. The summed E-state index contributed by atoms with van der Waals surface area (Å²) in [4.78, 5) is 12.4. The topological polar surface area (TPSA) is 49.7 Å². The Kier molecular flexibility index (Phi) is 6.14. The van der Waals surface area contributed by atoms with E-state index in [0.29, 0.717) is 35.8 Å². The summed E-state index contributed by atoms with van der Waals surface area (Å²) in [7, 11) is 0. The van der Waals surface area contributed by atoms with E-state index in [1.54, 1.807) is 0 Å². The zero-order chi connectivity index (χ0) is 21.7. The van der Waals surface area contributed by atoms with E-state index in [-0.39, 0.29) is 11.2 Å². The first-order valence-corrected chi connectivity index (χ1v) is 12.9. The number of hydrogen-bond donors (Lipinski definition) is 1. The second-order valence-corrected chi connectivity index (χ2v) is 12.5. The van der Waals surface area contributed by atoms with Gasteiger partial charge in [-0.15, -0.1) is 0 Å². The molecule has 0 heterocycles. The summed E-state index contributed by atoms with van der Waals surface area (Å²) in [5.41, 5.74) is 1.12. The smallest absolute Gasteiger partial charge is 0.180 e. The molecule has 0 aromatic carbocycles. The third-order valence-corrected chi connectivity index (χ3v) is 10.7. The molecule has 0 aromatic rings. The molecule has 3 heteroatoms. The Morgan fingerprint density at radius 2 is 1.73 bits per heavy atom. The number of Topliss-reactive ketones (excluding diaryl/α,β-unsaturated/α-hetero) is 1. The van der Waals surface area contributed by atoms with Crippen molar-refractivity contribution in [3.8, 4) is 0 Å². The summed E-state index contributed by atoms with van der Waals surface area (Å²) in [5.74, 6) is 5.53. The van der Waals surface area contributed by atoms with Crippen LogP contribution in [0.3, 0.4) is 0 Å². The molecule has 0 aliphatic heterocycles. The monoisotopic (exact) mass is 415 g/mol. The highest BCUT2D eigenvalue weighted by Crippen LogP contribution is 2.68. The van der Waals surface area contributed by atoms with E-state index in [2.05, 4.69) is 39.8 Å². The first-order chi connectivity index (χ1) is 14.2. The van der Waals surface area contributed by atoms with Crippen molar-refractivity contribution in [2.24, 2.45) is 57.4 Å². The van der Waals surface area contributed by atoms with Crippen molar-refractivity contribution in [2.75, 3.05) is 0 Å². The maximum absolute atomic E-state index is 12.4. The molecule has 0 amide bonds. The van der Waals surface area contributed by atoms with Crippen LogP contribution in [0.15, 0.2) is 5.16 Å². The largest absolute Gasteiger partial charge is 0.411 e. The highest BCUT2D eigenvalue weighted by molar-refractivity contribution is 6.40. The van der Waals surface area contributed by atoms with Gasteiger partial charge in [0.2, 0.25) is 0 Å². The minimum Gasteiger partial charge on any atom is -0.411 e. The Hall–Kier alpha value is -0.860. The van der Waals surface area contributed by atoms with Crippen LogP contribution in [0.1, 0.15) is 105 Å². The first kappa shape index (κ1) is 22.3. The van der Waals surface area contributed by atoms with Crippen molar-refractivity contribution in [3.05, 3.63) is 0 Å². The van der Waals surface area contributed by atoms with E-state index < -0.39 is 0 Å². The Morgan fingerprint density at radius 3 is 2.43 bits per heavy atom. The summed E-state index contributed by atoms with van der Waals surface area (Å²) in [6.45, 7) is 12.3. The number of oxime groups is 1. The van der Waals surface area contributed by atoms with Crippen molar-refractivity contribution in [2.45, 2.75) is 105 Å². The molecule has 30 heavy (non-hydrogen) atoms. The predicted octanol–water partition coefficient (Wildman–Crippen LogP) is 7.12. The fraction of sp³-hybridized carbons (Fsp3) is 0.926. The van der Waals surface area contributed by atoms with E-state index in [1.807, 2.05) is 0 Å². The van der Waals surface area contributed by atoms with E-state index in [4.69, 9.17) is 0 Å². The zero-order valence-electron chi connectivity index (χ0n) is 20.1. The van der Waals surface area contributed by atoms with Crippen LogP contribution < -0.4 is 0 Å². The number of hydrogen-bond acceptors (Lipinski definition) is 3. The van der Waals surface area contributed by atoms with Crippen molar-refractivity contribution in [1.82, 2.24) is 0 Å². The third-order valence-electron chi connectivity index (χ3n) is 10.7. The molecular weight excluding hydrogens is 370 g/mol. The molecule has 1 N–H and O–H groups in total. The Bertz CT molecular complexity index is 684. The highest BCUT2D eigenvalue weighted by atomic mass is 16.4. The molecule has 4 aliphatic carbocycles. The molecule has 170 valence electrons. The van der Waals surface area contributed by atoms with E-state index in [0.717, 1.165) is 29.6 Å². The van der Waals surface area contributed by atoms with Crippen LogP contribution in [0.2, 0.25) is 0 Å². The van der Waals surface area contributed by atoms with Crippen molar-refractivity contribution < 1.29 is 10.0 Å². The van der Waals surface area contributed by atoms with E-state index >= 15 is 0 Å². The normalized spacial score (nSPS) is 45.9. The van der Waals surface area contributed by atoms with Crippen LogP contribution in [-0.4, -0.2) is 16.7 Å². The van der Waals surface area contributed by atoms with Gasteiger partial charge in [0.1, 0.15) is 5.71 Å². The second kappa shape index (κ2) is 8.24. The van der Waals surface area contributed by atoms with Gasteiger partial charge >= 0.3 is 0 Å². The number of carbonyl (C=O) groups excluding carboxylic acids is 1. The summed E-state index contributed by atoms with van der Waals surface area (Å²) < 4.78 is 0. The summed E-state index contributed by atoms with van der Waals surface area (Å²) in [6.07, 6.45) is 13.5. The van der Waals surface area contributed by atoms with Gasteiger partial charge in [-0.3, -0.25) is 4.79 Å². The maximum Gasteiger partial charge on any atom is 0.180 e. The van der Waals surface area contributed by atoms with Crippen molar-refractivity contribution >= 4 is 11.5 Å². The lowest BCUT2D eigenvalue weighted by atomic mass is 9.44. The van der Waals surface area contributed by atoms with Gasteiger partial charge in [-0.05, 0) is 90.8 Å². The Morgan fingerprint density at radius 1 is 1.00 bits per heavy atom. The number of ketones is 1. The summed E-state index contributed by atoms with van der Waals surface area (Å²) in [5, 5.41) is 12.8. The molecule has 4 fully saturated rings. The van der Waals surface area contributed by atoms with Crippen molar-refractivity contribution in [1.29, 1.82) is 0 Å². The number of fused-ring (bicyclic) bond motifs is 5. The standard InChI is InChI=1S/C27H45NO2/c1-17(2)7-6-8-18(3)21-11-12-22-20-10-9-19-15-25(29)24(28-30)16-27(19,5)23(20)13-14-26(21,22)4/h17-23,30H,6-16H2,1-5H3/b28-24-. The first-order valence-electron chi connectivity index (χ1n) is 12.9. The van der Waals surface area contributed by atoms with Crippen LogP contribution in [0.4, 0.5) is 0 Å². The molecule has 4 rings (SSSR count). The van der Waals surface area contributed by atoms with E-state index in [1.165, 1.54) is 57.8 Å². The lowest BCUT2D eigenvalue weighted by molar-refractivity contribution is -0.127. The number of rotatable bonds is 5. The fourth-order valence-electron chi connectivity index (χ4n) is 9.06. The molecule has 0 bridgehead atoms. The molecule has 0 spiro atoms. The molecule has 4 saturated carbocycles. The summed E-state index contributed by atoms with van der Waals surface area (Å²) >= 11 is 0. The van der Waals surface area contributed by atoms with Crippen LogP contribution in [0.25, 0.3) is 0 Å². The molecule has 8 atom stereocenters. The van der Waals surface area contributed by atoms with Crippen LogP contribution in [0, 0.1) is 52.3 Å². The molecular formula is C27H45NO2. The van der Waals surface area contributed by atoms with Crippen LogP contribution in [-0.2, 0) is 4.79 Å². The van der Waals surface area contributed by atoms with Gasteiger partial charge < -0.3 is 5.21 Å².